The van der Waals surface area contributed by atoms with Crippen LogP contribution < -0.4 is 38.2 Å². The van der Waals surface area contributed by atoms with E-state index in [2.05, 4.69) is 23.2 Å². The van der Waals surface area contributed by atoms with Gasteiger partial charge in [0.1, 0.15) is 24.7 Å². The van der Waals surface area contributed by atoms with Crippen molar-refractivity contribution >= 4 is 88.8 Å². The second-order valence-corrected chi connectivity index (χ2v) is 26.6. The number of unbranched alkanes of at least 4 members (excludes halogenated alkanes) is 2. The lowest BCUT2D eigenvalue weighted by Crippen LogP contribution is -2.64. The smallest absolute Gasteiger partial charge is 0.416 e. The van der Waals surface area contributed by atoms with Gasteiger partial charge in [0, 0.05) is 71.7 Å². The van der Waals surface area contributed by atoms with Crippen molar-refractivity contribution in [1.82, 2.24) is 9.80 Å². The summed E-state index contributed by atoms with van der Waals surface area (Å²) in [4.78, 5) is 165. The highest BCUT2D eigenvalue weighted by Crippen LogP contribution is 2.46. The minimum Gasteiger partial charge on any atom is -0.493 e. The third kappa shape index (κ3) is 19.0. The zero-order valence-corrected chi connectivity index (χ0v) is 63.4. The fourth-order valence-electron chi connectivity index (χ4n) is 13.7. The predicted octanol–water partition coefficient (Wildman–Crippen LogP) is 5.91. The van der Waals surface area contributed by atoms with Crippen LogP contribution in [-0.2, 0) is 108 Å². The highest BCUT2D eigenvalue weighted by Gasteiger charge is 2.58. The average Bonchev–Trinajstić information content (AvgIpc) is 1.57. The Morgan fingerprint density at radius 1 is 0.500 bits per heavy atom. The average molecular weight is 1590 g/mol. The SMILES string of the molecule is C=C1C[C@H]2[C@H](O)N(C(=O)OCc3ccc(O[C@@H]4O[C@H](C(=O)OC)[C@@H](OC(C)=O)[C@H](OC(C)=O)[C@H]4OC(C)=O)cc3)c3cc(OCCCCCOc4cc5c(cc4OC)C(=O)N4CC(=C)C[C@H]4[C@H](O)N5C(=O)OCc4ccc(O[C@@H]5O[C@H](C(=O)OC)[C@@H](OC(C)=O)[C@H](OC(C)=O)[C@H]5OC(C)=O)c(N=[N+]=[N-])c4)c(OC)cc3C(=O)N2C1. The summed E-state index contributed by atoms with van der Waals surface area (Å²) in [5, 5.41) is 27.9. The molecule has 39 heteroatoms. The molecule has 114 heavy (non-hydrogen) atoms. The van der Waals surface area contributed by atoms with Crippen LogP contribution in [-0.4, -0.2) is 232 Å². The summed E-state index contributed by atoms with van der Waals surface area (Å²) in [5.74, 6) is -8.67. The Morgan fingerprint density at radius 2 is 0.895 bits per heavy atom. The zero-order valence-electron chi connectivity index (χ0n) is 63.4. The molecule has 4 saturated heterocycles. The van der Waals surface area contributed by atoms with E-state index in [-0.39, 0.29) is 107 Å². The minimum atomic E-state index is -1.85. The molecule has 0 radical (unpaired) electrons. The topological polar surface area (TPSA) is 473 Å². The van der Waals surface area contributed by atoms with Gasteiger partial charge < -0.3 is 105 Å². The van der Waals surface area contributed by atoms with Crippen LogP contribution >= 0.6 is 0 Å². The molecule has 6 aliphatic heterocycles. The standard InChI is InChI=1S/C75H83N7O32/c1-35-24-51-68(91)81(74(95)103-33-43-16-19-45(20-17-43)111-72-64(109-41(7)87)60(107-39(5)85)58(105-37(3)83)62(113-72)70(93)99-11)49-29-56(54(97-9)27-46(49)66(89)79(51)31-35)101-22-14-13-15-23-102-57-30-50-47(28-55(57)98-10)67(90)80-32-36(2)25-52(80)69(92)82(50)75(96)104-34-44-18-21-53(48(26-44)77-78-76)112-73-65(110-42(8)88)61(108-40(6)86)59(106-38(4)84)63(114-73)71(94)100-12/h16-21,26-30,51-52,58-65,68-69,72-73,91-92H,1-2,13-15,22-25,31-34H2,3-12H3/t51-,52-,58-,59-,60-,61-,62-,63-,64+,65+,68-,69-,72+,73+/m0/s1. The molecule has 14 atom stereocenters. The van der Waals surface area contributed by atoms with Crippen LogP contribution in [0.25, 0.3) is 10.4 Å². The summed E-state index contributed by atoms with van der Waals surface area (Å²) in [6, 6.07) is 13.2. The van der Waals surface area contributed by atoms with E-state index in [4.69, 9.17) is 85.3 Å². The molecule has 4 fully saturated rings. The van der Waals surface area contributed by atoms with E-state index in [1.165, 1.54) is 90.7 Å². The van der Waals surface area contributed by atoms with E-state index in [0.29, 0.717) is 36.0 Å². The third-order valence-corrected chi connectivity index (χ3v) is 18.6. The van der Waals surface area contributed by atoms with Gasteiger partial charge in [-0.15, -0.1) is 0 Å². The van der Waals surface area contributed by atoms with Gasteiger partial charge in [-0.25, -0.2) is 29.0 Å². The molecule has 610 valence electrons. The maximum absolute atomic E-state index is 14.6. The van der Waals surface area contributed by atoms with Crippen LogP contribution in [0.3, 0.4) is 0 Å². The number of ether oxygens (including phenoxy) is 18. The predicted molar refractivity (Wildman–Crippen MR) is 383 cm³/mol. The van der Waals surface area contributed by atoms with Crippen LogP contribution in [0.4, 0.5) is 26.7 Å². The second-order valence-electron chi connectivity index (χ2n) is 26.6. The number of hydrogen-bond acceptors (Lipinski definition) is 33. The number of methoxy groups -OCH3 is 4. The van der Waals surface area contributed by atoms with E-state index < -0.39 is 171 Å². The quantitative estimate of drug-likeness (QED) is 0.0133. The number of hydrogen-bond donors (Lipinski definition) is 2. The van der Waals surface area contributed by atoms with E-state index >= 15 is 0 Å². The van der Waals surface area contributed by atoms with Gasteiger partial charge in [0.25, 0.3) is 11.8 Å². The van der Waals surface area contributed by atoms with Crippen LogP contribution in [0.15, 0.2) is 96.1 Å². The number of nitrogens with zero attached hydrogens (tertiary/aromatic N) is 7. The normalized spacial score (nSPS) is 24.0. The molecule has 2 N–H and O–H groups in total. The largest absolute Gasteiger partial charge is 0.493 e. The molecule has 39 nitrogen and oxygen atoms in total. The maximum Gasteiger partial charge on any atom is 0.416 e. The van der Waals surface area contributed by atoms with Crippen molar-refractivity contribution in [1.29, 1.82) is 0 Å². The molecule has 0 saturated carbocycles. The van der Waals surface area contributed by atoms with E-state index in [0.717, 1.165) is 65.6 Å². The molecule has 0 unspecified atom stereocenters. The molecule has 4 aromatic rings. The number of fused-ring (bicyclic) bond motifs is 4. The van der Waals surface area contributed by atoms with Gasteiger partial charge in [0.15, 0.2) is 72.1 Å². The van der Waals surface area contributed by atoms with Gasteiger partial charge in [-0.05, 0) is 85.2 Å². The molecular weight excluding hydrogens is 1510 g/mol. The number of carbonyl (C=O) groups excluding carboxylic acids is 12. The fraction of sp³-hybridized carbons (Fsp3) is 0.467. The zero-order chi connectivity index (χ0) is 82.7. The van der Waals surface area contributed by atoms with Crippen LogP contribution in [0.1, 0.15) is 105 Å². The van der Waals surface area contributed by atoms with Crippen molar-refractivity contribution in [3.8, 4) is 34.5 Å². The maximum atomic E-state index is 14.6. The molecule has 4 aromatic carbocycles. The summed E-state index contributed by atoms with van der Waals surface area (Å²) in [6.45, 7) is 13.4. The highest BCUT2D eigenvalue weighted by molar-refractivity contribution is 6.07. The Labute approximate surface area is 650 Å². The number of benzene rings is 4. The minimum absolute atomic E-state index is 0.0240. The molecule has 4 amide bonds. The molecular formula is C75H83N7O32. The van der Waals surface area contributed by atoms with Crippen molar-refractivity contribution in [2.75, 3.05) is 64.5 Å². The van der Waals surface area contributed by atoms with Crippen molar-refractivity contribution < 1.29 is 153 Å². The first-order valence-electron chi connectivity index (χ1n) is 35.4. The van der Waals surface area contributed by atoms with Gasteiger partial charge >= 0.3 is 59.9 Å². The molecule has 0 aliphatic carbocycles. The van der Waals surface area contributed by atoms with E-state index in [1.807, 2.05) is 0 Å². The van der Waals surface area contributed by atoms with Gasteiger partial charge in [-0.2, -0.15) is 0 Å². The number of rotatable bonds is 27. The Kier molecular flexibility index (Phi) is 27.1. The van der Waals surface area contributed by atoms with E-state index in [1.54, 1.807) is 0 Å². The molecule has 0 bridgehead atoms. The Bertz CT molecular complexity index is 4470. The molecule has 10 rings (SSSR count). The molecule has 6 aliphatic rings. The number of carbonyl (C=O) groups is 12. The molecule has 0 spiro atoms. The van der Waals surface area contributed by atoms with E-state index in [9.17, 15) is 73.3 Å². The summed E-state index contributed by atoms with van der Waals surface area (Å²) >= 11 is 0. The lowest BCUT2D eigenvalue weighted by molar-refractivity contribution is -0.282. The summed E-state index contributed by atoms with van der Waals surface area (Å²) < 4.78 is 102. The summed E-state index contributed by atoms with van der Waals surface area (Å²) in [7, 11) is 4.74. The lowest BCUT2D eigenvalue weighted by Gasteiger charge is -2.43. The fourth-order valence-corrected chi connectivity index (χ4v) is 13.7. The lowest BCUT2D eigenvalue weighted by atomic mass is 9.97. The summed E-state index contributed by atoms with van der Waals surface area (Å²) in [6.07, 6.45) is -21.3. The summed E-state index contributed by atoms with van der Waals surface area (Å²) in [5.41, 5.74) is 10.8. The number of aliphatic hydroxyl groups is 2. The van der Waals surface area contributed by atoms with Crippen LogP contribution in [0, 0.1) is 0 Å². The van der Waals surface area contributed by atoms with Crippen molar-refractivity contribution in [3.63, 3.8) is 0 Å². The highest BCUT2D eigenvalue weighted by atomic mass is 16.8. The number of aliphatic hydroxyl groups excluding tert-OH is 2. The van der Waals surface area contributed by atoms with Crippen LogP contribution in [0.2, 0.25) is 0 Å². The van der Waals surface area contributed by atoms with Gasteiger partial charge in [0.05, 0.1) is 81.9 Å². The first kappa shape index (κ1) is 84.0. The first-order chi connectivity index (χ1) is 54.4. The molecule has 6 heterocycles. The molecule has 0 aromatic heterocycles. The van der Waals surface area contributed by atoms with Gasteiger partial charge in [-0.1, -0.05) is 47.6 Å². The number of anilines is 2. The van der Waals surface area contributed by atoms with Gasteiger partial charge in [0.2, 0.25) is 24.8 Å². The first-order valence-corrected chi connectivity index (χ1v) is 35.4. The van der Waals surface area contributed by atoms with Crippen LogP contribution in [0.5, 0.6) is 34.5 Å². The van der Waals surface area contributed by atoms with Crippen molar-refractivity contribution in [2.24, 2.45) is 5.11 Å². The van der Waals surface area contributed by atoms with Gasteiger partial charge in [-0.3, -0.25) is 38.4 Å². The van der Waals surface area contributed by atoms with Crippen molar-refractivity contribution in [3.05, 3.63) is 124 Å². The second kappa shape index (κ2) is 36.8. The third-order valence-electron chi connectivity index (χ3n) is 18.6. The Balaban J connectivity index is 0.810. The number of esters is 8. The Hall–Kier alpha value is -12.4. The number of azide groups is 1. The monoisotopic (exact) mass is 1590 g/mol. The number of amides is 4. The van der Waals surface area contributed by atoms with Crippen molar-refractivity contribution in [2.45, 2.75) is 173 Å². The Morgan fingerprint density at radius 3 is 1.30 bits per heavy atom.